The molecule has 140 valence electrons. The average molecular weight is 357 g/mol. The number of carbonyl (C=O) groups excluding carboxylic acids is 1. The van der Waals surface area contributed by atoms with Gasteiger partial charge in [-0.15, -0.1) is 0 Å². The molecule has 0 saturated heterocycles. The highest BCUT2D eigenvalue weighted by Crippen LogP contribution is 2.29. The first kappa shape index (κ1) is 19.6. The van der Waals surface area contributed by atoms with E-state index < -0.39 is 0 Å². The lowest BCUT2D eigenvalue weighted by atomic mass is 9.96. The number of nitrogens with one attached hydrogen (secondary N) is 2. The third-order valence-corrected chi connectivity index (χ3v) is 4.21. The first-order chi connectivity index (χ1) is 12.3. The number of pyridine rings is 1. The van der Waals surface area contributed by atoms with Crippen LogP contribution < -0.4 is 20.9 Å². The molecule has 0 saturated carbocycles. The Bertz CT molecular complexity index is 827. The molecule has 2 rings (SSSR count). The number of nitrogens with zero attached hydrogens (tertiary/aromatic N) is 1. The van der Waals surface area contributed by atoms with E-state index in [-0.39, 0.29) is 17.6 Å². The molecular formula is C20H27N3O3. The van der Waals surface area contributed by atoms with Gasteiger partial charge in [-0.3, -0.25) is 4.79 Å². The van der Waals surface area contributed by atoms with Crippen LogP contribution in [0, 0.1) is 12.8 Å². The van der Waals surface area contributed by atoms with Gasteiger partial charge in [0.1, 0.15) is 5.75 Å². The molecule has 0 aliphatic rings. The van der Waals surface area contributed by atoms with Crippen molar-refractivity contribution in [3.8, 4) is 5.75 Å². The smallest absolute Gasteiger partial charge is 0.319 e. The number of urea groups is 1. The van der Waals surface area contributed by atoms with Gasteiger partial charge in [-0.1, -0.05) is 32.0 Å². The molecule has 26 heavy (non-hydrogen) atoms. The number of carbonyl (C=O) groups is 1. The van der Waals surface area contributed by atoms with Crippen LogP contribution in [-0.4, -0.2) is 17.7 Å². The molecular weight excluding hydrogens is 330 g/mol. The number of hydrogen-bond donors (Lipinski definition) is 2. The van der Waals surface area contributed by atoms with Crippen molar-refractivity contribution in [2.45, 2.75) is 33.2 Å². The van der Waals surface area contributed by atoms with Crippen LogP contribution in [0.3, 0.4) is 0 Å². The quantitative estimate of drug-likeness (QED) is 0.829. The normalized spacial score (nSPS) is 11.9. The molecule has 1 heterocycles. The number of aryl methyl sites for hydroxylation is 2. The highest BCUT2D eigenvalue weighted by atomic mass is 16.5. The Balaban J connectivity index is 2.22. The molecule has 2 aromatic rings. The van der Waals surface area contributed by atoms with E-state index in [1.165, 1.54) is 10.6 Å². The third kappa shape index (κ3) is 4.88. The maximum Gasteiger partial charge on any atom is 0.319 e. The summed E-state index contributed by atoms with van der Waals surface area (Å²) in [5, 5.41) is 5.87. The first-order valence-electron chi connectivity index (χ1n) is 8.69. The van der Waals surface area contributed by atoms with E-state index in [1.54, 1.807) is 27.3 Å². The Morgan fingerprint density at radius 1 is 1.27 bits per heavy atom. The van der Waals surface area contributed by atoms with Gasteiger partial charge < -0.3 is 19.9 Å². The number of methoxy groups -OCH3 is 1. The minimum Gasteiger partial charge on any atom is -0.496 e. The fraction of sp³-hybridized carbons (Fsp3) is 0.400. The number of aromatic nitrogens is 1. The molecule has 0 fully saturated rings. The molecule has 6 nitrogen and oxygen atoms in total. The van der Waals surface area contributed by atoms with Gasteiger partial charge in [0.05, 0.1) is 18.8 Å². The van der Waals surface area contributed by atoms with Crippen LogP contribution in [0.5, 0.6) is 5.75 Å². The van der Waals surface area contributed by atoms with Crippen LogP contribution in [0.1, 0.15) is 37.4 Å². The second-order valence-electron chi connectivity index (χ2n) is 6.84. The monoisotopic (exact) mass is 357 g/mol. The Labute approximate surface area is 154 Å². The Morgan fingerprint density at radius 2 is 1.96 bits per heavy atom. The van der Waals surface area contributed by atoms with Crippen molar-refractivity contribution in [1.29, 1.82) is 0 Å². The Hall–Kier alpha value is -2.76. The maximum atomic E-state index is 12.6. The summed E-state index contributed by atoms with van der Waals surface area (Å²) >= 11 is 0. The van der Waals surface area contributed by atoms with Crippen molar-refractivity contribution >= 4 is 11.7 Å². The van der Waals surface area contributed by atoms with E-state index in [4.69, 9.17) is 4.74 Å². The number of anilines is 1. The fourth-order valence-electron chi connectivity index (χ4n) is 2.86. The van der Waals surface area contributed by atoms with Crippen molar-refractivity contribution in [1.82, 2.24) is 9.88 Å². The first-order valence-corrected chi connectivity index (χ1v) is 8.69. The number of para-hydroxylation sites is 1. The largest absolute Gasteiger partial charge is 0.496 e. The molecule has 2 amide bonds. The lowest BCUT2D eigenvalue weighted by Gasteiger charge is -2.23. The highest BCUT2D eigenvalue weighted by molar-refractivity contribution is 5.90. The molecule has 6 heteroatoms. The lowest BCUT2D eigenvalue weighted by molar-refractivity contribution is 0.246. The van der Waals surface area contributed by atoms with Gasteiger partial charge in [0.25, 0.3) is 5.56 Å². The topological polar surface area (TPSA) is 72.4 Å². The SMILES string of the molecule is COc1ccccc1C(CC(C)C)NC(=O)Nc1cn(C)c(=O)cc1C. The maximum absolute atomic E-state index is 12.6. The minimum absolute atomic E-state index is 0.111. The molecule has 1 aromatic heterocycles. The predicted molar refractivity (Wildman–Crippen MR) is 104 cm³/mol. The van der Waals surface area contributed by atoms with Crippen LogP contribution >= 0.6 is 0 Å². The van der Waals surface area contributed by atoms with Gasteiger partial charge in [-0.2, -0.15) is 0 Å². The molecule has 1 atom stereocenters. The summed E-state index contributed by atoms with van der Waals surface area (Å²) in [7, 11) is 3.28. The molecule has 0 spiro atoms. The van der Waals surface area contributed by atoms with Crippen LogP contribution in [0.2, 0.25) is 0 Å². The molecule has 0 aliphatic carbocycles. The van der Waals surface area contributed by atoms with Gasteiger partial charge in [0, 0.05) is 24.9 Å². The number of amides is 2. The molecule has 1 unspecified atom stereocenters. The van der Waals surface area contributed by atoms with E-state index in [2.05, 4.69) is 24.5 Å². The van der Waals surface area contributed by atoms with Gasteiger partial charge in [0.2, 0.25) is 0 Å². The minimum atomic E-state index is -0.316. The second kappa shape index (κ2) is 8.56. The molecule has 0 radical (unpaired) electrons. The number of ether oxygens (including phenoxy) is 1. The van der Waals surface area contributed by atoms with Crippen molar-refractivity contribution in [3.63, 3.8) is 0 Å². The highest BCUT2D eigenvalue weighted by Gasteiger charge is 2.20. The summed E-state index contributed by atoms with van der Waals surface area (Å²) in [6.07, 6.45) is 2.40. The van der Waals surface area contributed by atoms with Gasteiger partial charge in [-0.05, 0) is 30.9 Å². The molecule has 1 aromatic carbocycles. The molecule has 0 bridgehead atoms. The summed E-state index contributed by atoms with van der Waals surface area (Å²) in [5.41, 5.74) is 2.16. The number of hydrogen-bond acceptors (Lipinski definition) is 3. The van der Waals surface area contributed by atoms with Crippen LogP contribution in [-0.2, 0) is 7.05 Å². The second-order valence-corrected chi connectivity index (χ2v) is 6.84. The lowest BCUT2D eigenvalue weighted by Crippen LogP contribution is -2.34. The van der Waals surface area contributed by atoms with Crippen molar-refractivity contribution < 1.29 is 9.53 Å². The zero-order chi connectivity index (χ0) is 19.3. The molecule has 2 N–H and O–H groups in total. The standard InChI is InChI=1S/C20H27N3O3/c1-13(2)10-16(15-8-6-7-9-18(15)26-5)21-20(25)22-17-12-23(4)19(24)11-14(17)3/h6-9,11-13,16H,10H2,1-5H3,(H2,21,22,25). The number of benzene rings is 1. The van der Waals surface area contributed by atoms with Crippen LogP contribution in [0.15, 0.2) is 41.3 Å². The van der Waals surface area contributed by atoms with E-state index in [0.29, 0.717) is 11.6 Å². The van der Waals surface area contributed by atoms with E-state index in [1.807, 2.05) is 24.3 Å². The van der Waals surface area contributed by atoms with Gasteiger partial charge in [-0.25, -0.2) is 4.79 Å². The third-order valence-electron chi connectivity index (χ3n) is 4.21. The Kier molecular flexibility index (Phi) is 6.44. The van der Waals surface area contributed by atoms with E-state index >= 15 is 0 Å². The van der Waals surface area contributed by atoms with Crippen LogP contribution in [0.4, 0.5) is 10.5 Å². The summed E-state index contributed by atoms with van der Waals surface area (Å²) in [5.74, 6) is 1.14. The summed E-state index contributed by atoms with van der Waals surface area (Å²) < 4.78 is 6.88. The van der Waals surface area contributed by atoms with E-state index in [9.17, 15) is 9.59 Å². The van der Waals surface area contributed by atoms with Gasteiger partial charge in [0.15, 0.2) is 0 Å². The van der Waals surface area contributed by atoms with Crippen molar-refractivity contribution in [2.75, 3.05) is 12.4 Å². The average Bonchev–Trinajstić information content (AvgIpc) is 2.58. The van der Waals surface area contributed by atoms with Crippen LogP contribution in [0.25, 0.3) is 0 Å². The summed E-state index contributed by atoms with van der Waals surface area (Å²) in [6, 6.07) is 8.69. The summed E-state index contributed by atoms with van der Waals surface area (Å²) in [4.78, 5) is 24.2. The molecule has 0 aliphatic heterocycles. The zero-order valence-corrected chi connectivity index (χ0v) is 16.0. The predicted octanol–water partition coefficient (Wildman–Crippen LogP) is 3.61. The van der Waals surface area contributed by atoms with Crippen molar-refractivity contribution in [2.24, 2.45) is 13.0 Å². The number of rotatable bonds is 6. The van der Waals surface area contributed by atoms with E-state index in [0.717, 1.165) is 23.3 Å². The Morgan fingerprint density at radius 3 is 2.62 bits per heavy atom. The fourth-order valence-corrected chi connectivity index (χ4v) is 2.86. The van der Waals surface area contributed by atoms with Crippen molar-refractivity contribution in [3.05, 3.63) is 58.0 Å². The van der Waals surface area contributed by atoms with Gasteiger partial charge >= 0.3 is 6.03 Å². The summed E-state index contributed by atoms with van der Waals surface area (Å²) in [6.45, 7) is 6.01. The zero-order valence-electron chi connectivity index (χ0n) is 16.0.